The molecule has 466 valence electrons. The minimum absolute atomic E-state index is 0.0818. The molecule has 13 heteroatoms. The summed E-state index contributed by atoms with van der Waals surface area (Å²) >= 11 is 14.0. The smallest absolute Gasteiger partial charge is 0.351 e. The van der Waals surface area contributed by atoms with E-state index in [2.05, 4.69) is 104 Å². The zero-order valence-electron chi connectivity index (χ0n) is 53.1. The van der Waals surface area contributed by atoms with Crippen molar-refractivity contribution >= 4 is 127 Å². The predicted octanol–water partition coefficient (Wildman–Crippen LogP) is 27.7. The van der Waals surface area contributed by atoms with Gasteiger partial charge in [0.15, 0.2) is 5.82 Å². The summed E-state index contributed by atoms with van der Waals surface area (Å²) in [5, 5.41) is 2.67. The summed E-state index contributed by atoms with van der Waals surface area (Å²) in [6, 6.07) is 18.5. The first-order chi connectivity index (χ1) is 42.0. The second-order valence-corrected chi connectivity index (χ2v) is 33.6. The largest absolute Gasteiger partial charge is 0.461 e. The second kappa shape index (κ2) is 34.3. The van der Waals surface area contributed by atoms with Gasteiger partial charge in [-0.05, 0) is 99.4 Å². The van der Waals surface area contributed by atoms with E-state index in [1.165, 1.54) is 205 Å². The first kappa shape index (κ1) is 67.3. The maximum absolute atomic E-state index is 17.0. The fourth-order valence-electron chi connectivity index (χ4n) is 12.6. The molecular weight excluding hydrogens is 1210 g/mol. The molecule has 0 spiro atoms. The molecule has 0 N–H and O–H groups in total. The van der Waals surface area contributed by atoms with Crippen LogP contribution in [0.4, 0.5) is 4.39 Å². The molecule has 0 saturated heterocycles. The molecule has 0 saturated carbocycles. The highest BCUT2D eigenvalue weighted by Gasteiger charge is 2.30. The number of fused-ring (bicyclic) bond motifs is 3. The van der Waals surface area contributed by atoms with Crippen LogP contribution in [0.3, 0.4) is 0 Å². The molecule has 8 aromatic heterocycles. The van der Waals surface area contributed by atoms with Crippen LogP contribution >= 0.6 is 90.7 Å². The second-order valence-electron chi connectivity index (χ2n) is 24.7. The standard InChI is InChI=1S/C73H97FN2O2S8/c1-9-15-20-24-26-30-35-51(33-28-22-17-11-3)45-53-38-41-58(81-53)71-75-64-60(55-40-37-48(7)79-55)68-65(76-72(85-68)59-42-39-54(82-59)46-52(34-29-23-18-12-4)36-31-27-25-21-16-10-2)61(69(64)86-71)56-43-44-57(83-56)67-62-63(74)70(84-66(62)49(8)80-67)73(77)78-47-50(14-6)32-19-13-5/h37-44,50-52H,9-36,45-47H2,1-8H3. The van der Waals surface area contributed by atoms with Gasteiger partial charge in [0.25, 0.3) is 0 Å². The van der Waals surface area contributed by atoms with Crippen LogP contribution in [0.1, 0.15) is 251 Å². The number of nitrogens with zero attached hydrogens (tertiary/aromatic N) is 2. The van der Waals surface area contributed by atoms with Gasteiger partial charge in [0, 0.05) is 50.7 Å². The molecule has 0 fully saturated rings. The molecule has 9 rings (SSSR count). The number of unbranched alkanes of at least 4 members (excludes halogenated alkanes) is 17. The summed E-state index contributed by atoms with van der Waals surface area (Å²) in [5.41, 5.74) is 4.37. The summed E-state index contributed by atoms with van der Waals surface area (Å²) in [7, 11) is 0. The third kappa shape index (κ3) is 17.5. The van der Waals surface area contributed by atoms with Crippen molar-refractivity contribution < 1.29 is 13.9 Å². The number of thiazole rings is 2. The quantitative estimate of drug-likeness (QED) is 0.0284. The minimum Gasteiger partial charge on any atom is -0.461 e. The molecule has 86 heavy (non-hydrogen) atoms. The van der Waals surface area contributed by atoms with E-state index in [4.69, 9.17) is 14.7 Å². The lowest BCUT2D eigenvalue weighted by Gasteiger charge is -2.16. The molecule has 3 unspecified atom stereocenters. The van der Waals surface area contributed by atoms with Gasteiger partial charge in [0.2, 0.25) is 0 Å². The van der Waals surface area contributed by atoms with Crippen LogP contribution < -0.4 is 0 Å². The van der Waals surface area contributed by atoms with Crippen LogP contribution in [0.15, 0.2) is 48.5 Å². The highest BCUT2D eigenvalue weighted by atomic mass is 32.1. The van der Waals surface area contributed by atoms with Crippen molar-refractivity contribution in [3.05, 3.63) is 78.7 Å². The van der Waals surface area contributed by atoms with Crippen molar-refractivity contribution in [3.63, 3.8) is 0 Å². The zero-order valence-corrected chi connectivity index (χ0v) is 59.7. The van der Waals surface area contributed by atoms with E-state index in [0.29, 0.717) is 23.8 Å². The van der Waals surface area contributed by atoms with E-state index in [9.17, 15) is 4.79 Å². The fourth-order valence-corrected chi connectivity index (χ4v) is 21.7. The van der Waals surface area contributed by atoms with Gasteiger partial charge in [-0.3, -0.25) is 0 Å². The lowest BCUT2D eigenvalue weighted by Crippen LogP contribution is -2.14. The number of carbonyl (C=O) groups excluding carboxylic acids is 1. The van der Waals surface area contributed by atoms with Crippen molar-refractivity contribution in [2.24, 2.45) is 17.8 Å². The molecule has 0 aliphatic heterocycles. The van der Waals surface area contributed by atoms with E-state index in [-0.39, 0.29) is 10.8 Å². The first-order valence-corrected chi connectivity index (χ1v) is 40.1. The lowest BCUT2D eigenvalue weighted by atomic mass is 9.91. The van der Waals surface area contributed by atoms with Crippen molar-refractivity contribution in [1.29, 1.82) is 0 Å². The van der Waals surface area contributed by atoms with E-state index in [1.807, 2.05) is 56.7 Å². The number of hydrogen-bond donors (Lipinski definition) is 0. The Hall–Kier alpha value is -3.14. The van der Waals surface area contributed by atoms with Gasteiger partial charge in [-0.2, -0.15) is 0 Å². The molecule has 3 atom stereocenters. The molecule has 9 aromatic rings. The summed E-state index contributed by atoms with van der Waals surface area (Å²) in [6.07, 6.45) is 38.4. The Balaban J connectivity index is 1.11. The number of carbonyl (C=O) groups is 1. The van der Waals surface area contributed by atoms with E-state index in [1.54, 1.807) is 22.7 Å². The number of benzene rings is 1. The van der Waals surface area contributed by atoms with Gasteiger partial charge in [-0.15, -0.1) is 90.7 Å². The third-order valence-electron chi connectivity index (χ3n) is 17.7. The molecule has 4 nitrogen and oxygen atoms in total. The average molecular weight is 1310 g/mol. The first-order valence-electron chi connectivity index (χ1n) is 33.6. The Morgan fingerprint density at radius 1 is 0.453 bits per heavy atom. The summed E-state index contributed by atoms with van der Waals surface area (Å²) in [5.74, 6) is 0.708. The van der Waals surface area contributed by atoms with Gasteiger partial charge in [0.05, 0.1) is 46.4 Å². The summed E-state index contributed by atoms with van der Waals surface area (Å²) < 4.78 is 26.0. The molecule has 0 aliphatic rings. The summed E-state index contributed by atoms with van der Waals surface area (Å²) in [6.45, 7) is 18.2. The van der Waals surface area contributed by atoms with Crippen LogP contribution in [0, 0.1) is 37.4 Å². The normalized spacial score (nSPS) is 13.1. The molecule has 8 heterocycles. The van der Waals surface area contributed by atoms with Crippen molar-refractivity contribution in [2.75, 3.05) is 6.61 Å². The maximum atomic E-state index is 17.0. The van der Waals surface area contributed by atoms with Crippen molar-refractivity contribution in [2.45, 2.75) is 248 Å². The highest BCUT2D eigenvalue weighted by molar-refractivity contribution is 7.31. The van der Waals surface area contributed by atoms with Gasteiger partial charge in [-0.25, -0.2) is 19.2 Å². The number of halogens is 1. The minimum atomic E-state index is -0.548. The number of thiophene rings is 6. The Morgan fingerprint density at radius 3 is 1.38 bits per heavy atom. The van der Waals surface area contributed by atoms with E-state index < -0.39 is 11.8 Å². The van der Waals surface area contributed by atoms with Crippen LogP contribution in [0.2, 0.25) is 0 Å². The van der Waals surface area contributed by atoms with Crippen LogP contribution in [-0.4, -0.2) is 22.5 Å². The van der Waals surface area contributed by atoms with E-state index >= 15 is 4.39 Å². The average Bonchev–Trinajstić information content (AvgIpc) is 1.61. The number of rotatable bonds is 40. The van der Waals surface area contributed by atoms with Crippen molar-refractivity contribution in [3.8, 4) is 50.4 Å². The maximum Gasteiger partial charge on any atom is 0.351 e. The SMILES string of the molecule is CCCCCCCCC(CCCCCC)Cc1ccc(-c2nc3c(-c4ccc(-c5sc(C)c6sc(C(=O)OCC(CC)CCCC)c(F)c56)s4)c4sc(-c5ccc(CC(CCCCCC)CCCCCCCC)s5)nc4c(-c4ccc(C)s4)c3s2)s1. The Kier molecular flexibility index (Phi) is 26.8. The molecule has 1 aromatic carbocycles. The van der Waals surface area contributed by atoms with E-state index in [0.717, 1.165) is 94.0 Å². The fraction of sp³-hybridized carbons (Fsp3) is 0.575. The Labute approximate surface area is 547 Å². The third-order valence-corrected chi connectivity index (χ3v) is 27.2. The number of ether oxygens (including phenoxy) is 1. The Morgan fingerprint density at radius 2 is 0.895 bits per heavy atom. The van der Waals surface area contributed by atoms with Crippen LogP contribution in [0.5, 0.6) is 0 Å². The monoisotopic (exact) mass is 1310 g/mol. The molecule has 0 bridgehead atoms. The zero-order chi connectivity index (χ0) is 60.4. The summed E-state index contributed by atoms with van der Waals surface area (Å²) in [4.78, 5) is 37.2. The van der Waals surface area contributed by atoms with Gasteiger partial charge >= 0.3 is 5.97 Å². The number of esters is 1. The molecular formula is C73H97FN2O2S8. The van der Waals surface area contributed by atoms with Crippen molar-refractivity contribution in [1.82, 2.24) is 9.97 Å². The van der Waals surface area contributed by atoms with Gasteiger partial charge in [-0.1, -0.05) is 215 Å². The molecule has 0 radical (unpaired) electrons. The molecule has 0 aliphatic carbocycles. The van der Waals surface area contributed by atoms with Crippen LogP contribution in [-0.2, 0) is 17.6 Å². The van der Waals surface area contributed by atoms with Gasteiger partial charge < -0.3 is 4.74 Å². The molecule has 0 amide bonds. The highest BCUT2D eigenvalue weighted by Crippen LogP contribution is 2.55. The topological polar surface area (TPSA) is 52.1 Å². The Bertz CT molecular complexity index is 3370. The number of hydrogen-bond acceptors (Lipinski definition) is 12. The lowest BCUT2D eigenvalue weighted by molar-refractivity contribution is 0.0429. The van der Waals surface area contributed by atoms with Gasteiger partial charge in [0.1, 0.15) is 14.9 Å². The van der Waals surface area contributed by atoms with Crippen LogP contribution in [0.25, 0.3) is 80.9 Å². The number of aryl methyl sites for hydroxylation is 2. The predicted molar refractivity (Wildman–Crippen MR) is 386 cm³/mol. The number of aromatic nitrogens is 2.